The highest BCUT2D eigenvalue weighted by atomic mass is 19.3. The summed E-state index contributed by atoms with van der Waals surface area (Å²) in [6, 6.07) is 0. The number of alkyl halides is 2. The second-order valence-electron chi connectivity index (χ2n) is 3.71. The molecule has 0 fully saturated rings. The van der Waals surface area contributed by atoms with E-state index in [0.717, 1.165) is 0 Å². The molecule has 0 unspecified atom stereocenters. The van der Waals surface area contributed by atoms with Crippen molar-refractivity contribution in [3.63, 3.8) is 0 Å². The van der Waals surface area contributed by atoms with Crippen LogP contribution in [0.3, 0.4) is 0 Å². The normalized spacial score (nSPS) is 11.3. The number of halogens is 2. The number of rotatable bonds is 5. The average molecular weight is 257 g/mol. The quantitative estimate of drug-likeness (QED) is 0.809. The van der Waals surface area contributed by atoms with Crippen LogP contribution in [-0.4, -0.2) is 45.6 Å². The predicted molar refractivity (Wildman–Crippen MR) is 62.7 cm³/mol. The van der Waals surface area contributed by atoms with Gasteiger partial charge in [-0.15, -0.1) is 0 Å². The van der Waals surface area contributed by atoms with Crippen LogP contribution in [-0.2, 0) is 0 Å². The molecule has 18 heavy (non-hydrogen) atoms. The van der Waals surface area contributed by atoms with Crippen LogP contribution in [0, 0.1) is 0 Å². The number of aromatic nitrogens is 3. The molecule has 0 aliphatic carbocycles. The lowest BCUT2D eigenvalue weighted by molar-refractivity contribution is 0.152. The highest BCUT2D eigenvalue weighted by Crippen LogP contribution is 2.20. The third kappa shape index (κ3) is 2.48. The molecule has 0 saturated heterocycles. The number of hydrogen-bond acceptors (Lipinski definition) is 5. The number of nitrogens with two attached hydrogens (primary N) is 1. The number of aliphatic hydroxyl groups excluding tert-OH is 1. The largest absolute Gasteiger partial charge is 0.395 e. The molecule has 0 aliphatic rings. The molecule has 8 heteroatoms. The summed E-state index contributed by atoms with van der Waals surface area (Å²) >= 11 is 0. The Labute approximate surface area is 102 Å². The Morgan fingerprint density at radius 2 is 2.28 bits per heavy atom. The van der Waals surface area contributed by atoms with E-state index < -0.39 is 13.0 Å². The zero-order chi connectivity index (χ0) is 13.1. The van der Waals surface area contributed by atoms with E-state index in [-0.39, 0.29) is 24.8 Å². The Balaban J connectivity index is 2.44. The van der Waals surface area contributed by atoms with E-state index in [1.807, 2.05) is 0 Å². The molecule has 0 saturated carbocycles. The maximum atomic E-state index is 12.5. The second kappa shape index (κ2) is 5.13. The first-order chi connectivity index (χ1) is 8.61. The van der Waals surface area contributed by atoms with Crippen LogP contribution >= 0.6 is 0 Å². The van der Waals surface area contributed by atoms with Gasteiger partial charge in [0.1, 0.15) is 5.82 Å². The molecular weight excluding hydrogens is 244 g/mol. The molecule has 2 aromatic rings. The number of nitrogen functional groups attached to an aromatic ring is 1. The number of anilines is 2. The van der Waals surface area contributed by atoms with E-state index >= 15 is 0 Å². The van der Waals surface area contributed by atoms with Gasteiger partial charge in [-0.3, -0.25) is 0 Å². The number of fused-ring (bicyclic) bond motifs is 1. The van der Waals surface area contributed by atoms with Crippen LogP contribution in [0.5, 0.6) is 0 Å². The fraction of sp³-hybridized carbons (Fsp3) is 0.400. The van der Waals surface area contributed by atoms with Crippen molar-refractivity contribution in [1.29, 1.82) is 0 Å². The van der Waals surface area contributed by atoms with Crippen molar-refractivity contribution < 1.29 is 13.9 Å². The van der Waals surface area contributed by atoms with Crippen molar-refractivity contribution in [3.8, 4) is 0 Å². The van der Waals surface area contributed by atoms with Crippen molar-refractivity contribution in [2.24, 2.45) is 0 Å². The lowest BCUT2D eigenvalue weighted by Crippen LogP contribution is -2.33. The molecule has 2 heterocycles. The number of imidazole rings is 1. The van der Waals surface area contributed by atoms with Crippen LogP contribution in [0.15, 0.2) is 18.6 Å². The van der Waals surface area contributed by atoms with Gasteiger partial charge in [0.25, 0.3) is 6.43 Å². The van der Waals surface area contributed by atoms with Gasteiger partial charge >= 0.3 is 0 Å². The summed E-state index contributed by atoms with van der Waals surface area (Å²) in [5, 5.41) is 8.93. The zero-order valence-electron chi connectivity index (χ0n) is 9.50. The van der Waals surface area contributed by atoms with Gasteiger partial charge < -0.3 is 20.1 Å². The Morgan fingerprint density at radius 1 is 1.50 bits per heavy atom. The Kier molecular flexibility index (Phi) is 3.56. The first-order valence-corrected chi connectivity index (χ1v) is 5.35. The summed E-state index contributed by atoms with van der Waals surface area (Å²) in [4.78, 5) is 9.34. The number of nitrogens with zero attached hydrogens (tertiary/aromatic N) is 4. The molecule has 0 aromatic carbocycles. The van der Waals surface area contributed by atoms with Crippen molar-refractivity contribution in [2.45, 2.75) is 6.43 Å². The second-order valence-corrected chi connectivity index (χ2v) is 3.71. The monoisotopic (exact) mass is 257 g/mol. The van der Waals surface area contributed by atoms with E-state index in [9.17, 15) is 8.78 Å². The maximum Gasteiger partial charge on any atom is 0.255 e. The van der Waals surface area contributed by atoms with Crippen molar-refractivity contribution in [2.75, 3.05) is 30.3 Å². The molecule has 0 spiro atoms. The summed E-state index contributed by atoms with van der Waals surface area (Å²) < 4.78 is 26.6. The third-order valence-corrected chi connectivity index (χ3v) is 2.40. The summed E-state index contributed by atoms with van der Waals surface area (Å²) in [5.41, 5.74) is 6.04. The van der Waals surface area contributed by atoms with Gasteiger partial charge in [0, 0.05) is 18.9 Å². The first-order valence-electron chi connectivity index (χ1n) is 5.35. The molecule has 0 amide bonds. The van der Waals surface area contributed by atoms with Gasteiger partial charge in [-0.25, -0.2) is 18.7 Å². The van der Waals surface area contributed by atoms with E-state index in [1.54, 1.807) is 16.8 Å². The lowest BCUT2D eigenvalue weighted by atomic mass is 10.4. The minimum absolute atomic E-state index is 0.0450. The van der Waals surface area contributed by atoms with Crippen molar-refractivity contribution >= 4 is 17.3 Å². The molecule has 98 valence electrons. The van der Waals surface area contributed by atoms with Crippen LogP contribution in [0.1, 0.15) is 0 Å². The van der Waals surface area contributed by atoms with Crippen LogP contribution < -0.4 is 10.6 Å². The van der Waals surface area contributed by atoms with Crippen LogP contribution in [0.4, 0.5) is 20.4 Å². The average Bonchev–Trinajstić information content (AvgIpc) is 2.74. The highest BCUT2D eigenvalue weighted by Gasteiger charge is 2.18. The van der Waals surface area contributed by atoms with Gasteiger partial charge in [0.05, 0.1) is 19.3 Å². The molecular formula is C10H13F2N5O. The number of hydrogen-bond donors (Lipinski definition) is 2. The van der Waals surface area contributed by atoms with Gasteiger partial charge in [-0.05, 0) is 0 Å². The van der Waals surface area contributed by atoms with Crippen LogP contribution in [0.2, 0.25) is 0 Å². The van der Waals surface area contributed by atoms with E-state index in [2.05, 4.69) is 9.97 Å². The summed E-state index contributed by atoms with van der Waals surface area (Å²) in [5.74, 6) is 0.446. The zero-order valence-corrected chi connectivity index (χ0v) is 9.50. The topological polar surface area (TPSA) is 79.7 Å². The summed E-state index contributed by atoms with van der Waals surface area (Å²) in [7, 11) is 0. The van der Waals surface area contributed by atoms with Gasteiger partial charge in [-0.1, -0.05) is 0 Å². The van der Waals surface area contributed by atoms with Gasteiger partial charge in [-0.2, -0.15) is 0 Å². The van der Waals surface area contributed by atoms with E-state index in [0.29, 0.717) is 5.65 Å². The minimum atomic E-state index is -2.53. The minimum Gasteiger partial charge on any atom is -0.395 e. The lowest BCUT2D eigenvalue weighted by Gasteiger charge is -2.22. The third-order valence-electron chi connectivity index (χ3n) is 2.40. The molecule has 3 N–H and O–H groups in total. The predicted octanol–water partition coefficient (Wildman–Crippen LogP) is 0.375. The van der Waals surface area contributed by atoms with Crippen LogP contribution in [0.25, 0.3) is 5.65 Å². The fourth-order valence-corrected chi connectivity index (χ4v) is 1.72. The molecule has 0 aliphatic heterocycles. The Hall–Kier alpha value is -1.96. The van der Waals surface area contributed by atoms with Gasteiger partial charge in [0.2, 0.25) is 0 Å². The van der Waals surface area contributed by atoms with E-state index in [4.69, 9.17) is 10.8 Å². The van der Waals surface area contributed by atoms with E-state index in [1.165, 1.54) is 11.1 Å². The van der Waals surface area contributed by atoms with Crippen molar-refractivity contribution in [1.82, 2.24) is 14.4 Å². The molecule has 6 nitrogen and oxygen atoms in total. The summed E-state index contributed by atoms with van der Waals surface area (Å²) in [6.45, 7) is -0.737. The Morgan fingerprint density at radius 3 is 2.94 bits per heavy atom. The molecule has 0 radical (unpaired) electrons. The smallest absolute Gasteiger partial charge is 0.255 e. The summed E-state index contributed by atoms with van der Waals surface area (Å²) in [6.07, 6.45) is 2.19. The highest BCUT2D eigenvalue weighted by molar-refractivity contribution is 5.66. The standard InChI is InChI=1S/C10H13F2N5O/c11-7(12)5-17(3-4-18)10-9-14-1-2-16(9)6-8(13)15-10/h1-2,6-7,18H,3-5,13H2. The van der Waals surface area contributed by atoms with Gasteiger partial charge in [0.15, 0.2) is 11.5 Å². The first kappa shape index (κ1) is 12.5. The SMILES string of the molecule is Nc1cn2ccnc2c(N(CCO)CC(F)F)n1. The molecule has 2 rings (SSSR count). The molecule has 0 atom stereocenters. The fourth-order valence-electron chi connectivity index (χ4n) is 1.72. The number of aliphatic hydroxyl groups is 1. The molecule has 2 aromatic heterocycles. The van der Waals surface area contributed by atoms with Crippen molar-refractivity contribution in [3.05, 3.63) is 18.6 Å². The maximum absolute atomic E-state index is 12.5. The molecule has 0 bridgehead atoms. The Bertz CT molecular complexity index is 530.